The number of carbonyl (C=O) groups is 1. The molecule has 0 unspecified atom stereocenters. The Kier molecular flexibility index (Phi) is 5.49. The molecule has 1 N–H and O–H groups in total. The highest BCUT2D eigenvalue weighted by atomic mass is 79.9. The first kappa shape index (κ1) is 13.7. The van der Waals surface area contributed by atoms with E-state index in [1.807, 2.05) is 18.2 Å². The summed E-state index contributed by atoms with van der Waals surface area (Å²) in [6, 6.07) is 5.84. The van der Waals surface area contributed by atoms with Crippen molar-refractivity contribution in [2.75, 3.05) is 0 Å². The molecule has 0 radical (unpaired) electrons. The molecular weight excluding hydrogens is 334 g/mol. The molecule has 1 rings (SSSR count). The van der Waals surface area contributed by atoms with Gasteiger partial charge < -0.3 is 5.32 Å². The molecular formula is C12H15Br2NO. The smallest absolute Gasteiger partial charge is 0.252 e. The van der Waals surface area contributed by atoms with Gasteiger partial charge in [0.05, 0.1) is 5.56 Å². The second kappa shape index (κ2) is 6.40. The van der Waals surface area contributed by atoms with Crippen molar-refractivity contribution in [2.45, 2.75) is 32.7 Å². The van der Waals surface area contributed by atoms with Gasteiger partial charge in [0.1, 0.15) is 0 Å². The lowest BCUT2D eigenvalue weighted by atomic mass is 10.1. The Bertz CT molecular complexity index is 375. The summed E-state index contributed by atoms with van der Waals surface area (Å²) in [6.45, 7) is 4.15. The quantitative estimate of drug-likeness (QED) is 0.870. The van der Waals surface area contributed by atoms with E-state index in [0.717, 1.165) is 21.8 Å². The molecule has 1 amide bonds. The van der Waals surface area contributed by atoms with Gasteiger partial charge in [0.2, 0.25) is 0 Å². The minimum Gasteiger partial charge on any atom is -0.349 e. The van der Waals surface area contributed by atoms with Crippen molar-refractivity contribution in [2.24, 2.45) is 0 Å². The molecule has 0 bridgehead atoms. The highest BCUT2D eigenvalue weighted by Gasteiger charge is 2.13. The summed E-state index contributed by atoms with van der Waals surface area (Å²) in [5.41, 5.74) is 0.668. The highest BCUT2D eigenvalue weighted by molar-refractivity contribution is 9.11. The summed E-state index contributed by atoms with van der Waals surface area (Å²) < 4.78 is 1.73. The lowest BCUT2D eigenvalue weighted by Gasteiger charge is -2.15. The fourth-order valence-electron chi connectivity index (χ4n) is 1.43. The lowest BCUT2D eigenvalue weighted by Crippen LogP contribution is -2.33. The van der Waals surface area contributed by atoms with Gasteiger partial charge in [-0.15, -0.1) is 0 Å². The summed E-state index contributed by atoms with van der Waals surface area (Å²) in [5, 5.41) is 3.01. The number of rotatable bonds is 4. The summed E-state index contributed by atoms with van der Waals surface area (Å²) in [5.74, 6) is -0.0260. The van der Waals surface area contributed by atoms with Crippen molar-refractivity contribution in [3.63, 3.8) is 0 Å². The van der Waals surface area contributed by atoms with E-state index in [1.165, 1.54) is 0 Å². The van der Waals surface area contributed by atoms with Crippen LogP contribution in [0.2, 0.25) is 0 Å². The maximum atomic E-state index is 12.0. The van der Waals surface area contributed by atoms with E-state index in [9.17, 15) is 4.79 Å². The Morgan fingerprint density at radius 2 is 1.94 bits per heavy atom. The van der Waals surface area contributed by atoms with Gasteiger partial charge in [0.25, 0.3) is 5.91 Å². The molecule has 0 aromatic heterocycles. The van der Waals surface area contributed by atoms with Gasteiger partial charge in [0.15, 0.2) is 0 Å². The molecule has 0 aliphatic rings. The highest BCUT2D eigenvalue weighted by Crippen LogP contribution is 2.21. The molecule has 1 aromatic carbocycles. The third kappa shape index (κ3) is 3.59. The molecule has 0 fully saturated rings. The molecule has 1 aromatic rings. The SMILES string of the molecule is CCC(CC)NC(=O)c1cc(Br)ccc1Br. The zero-order valence-corrected chi connectivity index (χ0v) is 12.6. The van der Waals surface area contributed by atoms with Gasteiger partial charge >= 0.3 is 0 Å². The van der Waals surface area contributed by atoms with Crippen LogP contribution in [-0.2, 0) is 0 Å². The Morgan fingerprint density at radius 3 is 2.50 bits per heavy atom. The fraction of sp³-hybridized carbons (Fsp3) is 0.417. The van der Waals surface area contributed by atoms with E-state index in [4.69, 9.17) is 0 Å². The average Bonchev–Trinajstić information content (AvgIpc) is 2.28. The van der Waals surface area contributed by atoms with Gasteiger partial charge in [-0.2, -0.15) is 0 Å². The number of halogens is 2. The van der Waals surface area contributed by atoms with E-state index in [-0.39, 0.29) is 11.9 Å². The summed E-state index contributed by atoms with van der Waals surface area (Å²) in [4.78, 5) is 12.0. The largest absolute Gasteiger partial charge is 0.349 e. The normalized spacial score (nSPS) is 10.6. The maximum absolute atomic E-state index is 12.0. The molecule has 0 heterocycles. The van der Waals surface area contributed by atoms with Crippen LogP contribution in [0.1, 0.15) is 37.0 Å². The van der Waals surface area contributed by atoms with Gasteiger partial charge in [-0.25, -0.2) is 0 Å². The molecule has 4 heteroatoms. The number of hydrogen-bond donors (Lipinski definition) is 1. The zero-order chi connectivity index (χ0) is 12.1. The van der Waals surface area contributed by atoms with Crippen LogP contribution in [0.25, 0.3) is 0 Å². The van der Waals surface area contributed by atoms with Crippen LogP contribution in [-0.4, -0.2) is 11.9 Å². The third-order valence-electron chi connectivity index (χ3n) is 2.49. The van der Waals surface area contributed by atoms with Crippen LogP contribution in [0, 0.1) is 0 Å². The Hall–Kier alpha value is -0.350. The molecule has 2 nitrogen and oxygen atoms in total. The molecule has 88 valence electrons. The molecule has 0 saturated heterocycles. The van der Waals surface area contributed by atoms with Crippen LogP contribution in [0.4, 0.5) is 0 Å². The molecule has 0 spiro atoms. The van der Waals surface area contributed by atoms with Crippen molar-refractivity contribution in [3.05, 3.63) is 32.7 Å². The Labute approximate surface area is 113 Å². The number of nitrogens with one attached hydrogen (secondary N) is 1. The van der Waals surface area contributed by atoms with E-state index in [2.05, 4.69) is 51.0 Å². The summed E-state index contributed by atoms with van der Waals surface area (Å²) >= 11 is 6.75. The lowest BCUT2D eigenvalue weighted by molar-refractivity contribution is 0.0934. The van der Waals surface area contributed by atoms with E-state index < -0.39 is 0 Å². The number of carbonyl (C=O) groups excluding carboxylic acids is 1. The number of hydrogen-bond acceptors (Lipinski definition) is 1. The van der Waals surface area contributed by atoms with Crippen molar-refractivity contribution in [3.8, 4) is 0 Å². The molecule has 16 heavy (non-hydrogen) atoms. The standard InChI is InChI=1S/C12H15Br2NO/c1-3-9(4-2)15-12(16)10-7-8(13)5-6-11(10)14/h5-7,9H,3-4H2,1-2H3,(H,15,16). The van der Waals surface area contributed by atoms with Crippen molar-refractivity contribution < 1.29 is 4.79 Å². The first-order chi connectivity index (χ1) is 7.58. The Morgan fingerprint density at radius 1 is 1.31 bits per heavy atom. The van der Waals surface area contributed by atoms with Crippen molar-refractivity contribution in [1.29, 1.82) is 0 Å². The van der Waals surface area contributed by atoms with Gasteiger partial charge in [-0.3, -0.25) is 4.79 Å². The molecule has 0 aliphatic carbocycles. The number of benzene rings is 1. The summed E-state index contributed by atoms with van der Waals surface area (Å²) in [6.07, 6.45) is 1.90. The van der Waals surface area contributed by atoms with Crippen molar-refractivity contribution >= 4 is 37.8 Å². The van der Waals surface area contributed by atoms with Gasteiger partial charge in [-0.05, 0) is 47.0 Å². The van der Waals surface area contributed by atoms with Crippen LogP contribution in [0.5, 0.6) is 0 Å². The van der Waals surface area contributed by atoms with Crippen LogP contribution < -0.4 is 5.32 Å². The minimum atomic E-state index is -0.0260. The van der Waals surface area contributed by atoms with Gasteiger partial charge in [0, 0.05) is 15.0 Å². The van der Waals surface area contributed by atoms with Crippen LogP contribution >= 0.6 is 31.9 Å². The van der Waals surface area contributed by atoms with Crippen LogP contribution in [0.15, 0.2) is 27.1 Å². The first-order valence-electron chi connectivity index (χ1n) is 5.34. The fourth-order valence-corrected chi connectivity index (χ4v) is 2.22. The maximum Gasteiger partial charge on any atom is 0.252 e. The third-order valence-corrected chi connectivity index (χ3v) is 3.68. The minimum absolute atomic E-state index is 0.0260. The first-order valence-corrected chi connectivity index (χ1v) is 6.93. The van der Waals surface area contributed by atoms with Crippen LogP contribution in [0.3, 0.4) is 0 Å². The molecule has 0 saturated carbocycles. The Balaban J connectivity index is 2.83. The van der Waals surface area contributed by atoms with Crippen molar-refractivity contribution in [1.82, 2.24) is 5.32 Å². The van der Waals surface area contributed by atoms with E-state index >= 15 is 0 Å². The molecule has 0 aliphatic heterocycles. The van der Waals surface area contributed by atoms with Gasteiger partial charge in [-0.1, -0.05) is 29.8 Å². The second-order valence-electron chi connectivity index (χ2n) is 3.61. The zero-order valence-electron chi connectivity index (χ0n) is 9.39. The van der Waals surface area contributed by atoms with E-state index in [1.54, 1.807) is 0 Å². The average molecular weight is 349 g/mol. The topological polar surface area (TPSA) is 29.1 Å². The number of amides is 1. The predicted molar refractivity (Wildman–Crippen MR) is 73.7 cm³/mol. The summed E-state index contributed by atoms with van der Waals surface area (Å²) in [7, 11) is 0. The second-order valence-corrected chi connectivity index (χ2v) is 5.38. The monoisotopic (exact) mass is 347 g/mol. The van der Waals surface area contributed by atoms with E-state index in [0.29, 0.717) is 5.56 Å². The predicted octanol–water partition coefficient (Wildman–Crippen LogP) is 4.13. The molecule has 0 atom stereocenters.